The van der Waals surface area contributed by atoms with Crippen molar-refractivity contribution in [2.45, 2.75) is 57.6 Å². The molecule has 1 fully saturated rings. The van der Waals surface area contributed by atoms with E-state index in [1.165, 1.54) is 25.7 Å². The van der Waals surface area contributed by atoms with E-state index in [0.717, 1.165) is 24.5 Å². The molecule has 0 bridgehead atoms. The average Bonchev–Trinajstić information content (AvgIpc) is 2.66. The summed E-state index contributed by atoms with van der Waals surface area (Å²) >= 11 is 1.87. The van der Waals surface area contributed by atoms with Crippen LogP contribution in [0.5, 0.6) is 0 Å². The molecule has 3 heteroatoms. The average molecular weight is 231 g/mol. The highest BCUT2D eigenvalue weighted by atomic mass is 32.2. The lowest BCUT2D eigenvalue weighted by molar-refractivity contribution is 0.0639. The first-order valence-corrected chi connectivity index (χ1v) is 7.39. The lowest BCUT2D eigenvalue weighted by atomic mass is 10.0. The molecule has 1 saturated heterocycles. The van der Waals surface area contributed by atoms with Gasteiger partial charge in [-0.05, 0) is 25.0 Å². The Kier molecular flexibility index (Phi) is 6.02. The number of thioether (sulfide) groups is 1. The van der Waals surface area contributed by atoms with Crippen LogP contribution in [-0.4, -0.2) is 34.8 Å². The highest BCUT2D eigenvalue weighted by Crippen LogP contribution is 2.27. The van der Waals surface area contributed by atoms with Crippen LogP contribution >= 0.6 is 11.8 Å². The van der Waals surface area contributed by atoms with E-state index in [4.69, 9.17) is 0 Å². The number of aliphatic hydroxyl groups is 1. The molecule has 1 heterocycles. The van der Waals surface area contributed by atoms with Gasteiger partial charge in [0.2, 0.25) is 0 Å². The van der Waals surface area contributed by atoms with Crippen molar-refractivity contribution < 1.29 is 5.11 Å². The summed E-state index contributed by atoms with van der Waals surface area (Å²) < 4.78 is 0. The molecule has 0 aromatic carbocycles. The monoisotopic (exact) mass is 231 g/mol. The fourth-order valence-corrected chi connectivity index (χ4v) is 3.27. The van der Waals surface area contributed by atoms with Gasteiger partial charge in [-0.3, -0.25) is 0 Å². The summed E-state index contributed by atoms with van der Waals surface area (Å²) in [6, 6.07) is 0.597. The van der Waals surface area contributed by atoms with Gasteiger partial charge in [0.05, 0.1) is 5.60 Å². The molecular weight excluding hydrogens is 206 g/mol. The largest absolute Gasteiger partial charge is 0.388 e. The number of nitrogens with one attached hydrogen (secondary N) is 1. The van der Waals surface area contributed by atoms with Gasteiger partial charge in [0.1, 0.15) is 0 Å². The zero-order chi connectivity index (χ0) is 11.1. The number of unbranched alkanes of at least 4 members (excludes halogenated alkanes) is 1. The Hall–Kier alpha value is 0.270. The van der Waals surface area contributed by atoms with E-state index in [0.29, 0.717) is 6.04 Å². The van der Waals surface area contributed by atoms with E-state index in [1.54, 1.807) is 0 Å². The second-order valence-corrected chi connectivity index (χ2v) is 5.76. The Balaban J connectivity index is 2.20. The van der Waals surface area contributed by atoms with Crippen molar-refractivity contribution in [2.24, 2.45) is 0 Å². The van der Waals surface area contributed by atoms with E-state index >= 15 is 0 Å². The topological polar surface area (TPSA) is 32.3 Å². The van der Waals surface area contributed by atoms with Gasteiger partial charge in [-0.2, -0.15) is 11.8 Å². The zero-order valence-corrected chi connectivity index (χ0v) is 10.9. The van der Waals surface area contributed by atoms with Crippen molar-refractivity contribution in [1.82, 2.24) is 5.32 Å². The fourth-order valence-electron chi connectivity index (χ4n) is 1.97. The van der Waals surface area contributed by atoms with Crippen molar-refractivity contribution in [3.05, 3.63) is 0 Å². The minimum absolute atomic E-state index is 0.426. The maximum atomic E-state index is 10.2. The minimum atomic E-state index is -0.426. The van der Waals surface area contributed by atoms with E-state index in [1.807, 2.05) is 11.8 Å². The third-order valence-corrected chi connectivity index (χ3v) is 4.44. The highest BCUT2D eigenvalue weighted by molar-refractivity contribution is 7.99. The molecule has 2 N–H and O–H groups in total. The van der Waals surface area contributed by atoms with Crippen molar-refractivity contribution in [1.29, 1.82) is 0 Å². The molecule has 0 radical (unpaired) electrons. The van der Waals surface area contributed by atoms with Gasteiger partial charge in [-0.1, -0.05) is 26.7 Å². The Labute approximate surface area is 98.2 Å². The van der Waals surface area contributed by atoms with Crippen LogP contribution < -0.4 is 5.32 Å². The summed E-state index contributed by atoms with van der Waals surface area (Å²) in [7, 11) is 0. The molecule has 90 valence electrons. The molecule has 0 aromatic heterocycles. The van der Waals surface area contributed by atoms with Crippen molar-refractivity contribution in [3.63, 3.8) is 0 Å². The predicted octanol–water partition coefficient (Wildman–Crippen LogP) is 2.41. The first-order valence-electron chi connectivity index (χ1n) is 6.23. The third-order valence-electron chi connectivity index (χ3n) is 3.20. The molecule has 0 saturated carbocycles. The molecule has 15 heavy (non-hydrogen) atoms. The quantitative estimate of drug-likeness (QED) is 0.706. The molecule has 2 atom stereocenters. The van der Waals surface area contributed by atoms with Crippen LogP contribution in [-0.2, 0) is 0 Å². The molecular formula is C12H25NOS. The normalized spacial score (nSPS) is 28.2. The summed E-state index contributed by atoms with van der Waals surface area (Å²) in [6.07, 6.45) is 5.92. The Morgan fingerprint density at radius 2 is 2.27 bits per heavy atom. The van der Waals surface area contributed by atoms with Gasteiger partial charge in [-0.25, -0.2) is 0 Å². The third kappa shape index (κ3) is 4.75. The predicted molar refractivity (Wildman–Crippen MR) is 68.5 cm³/mol. The smallest absolute Gasteiger partial charge is 0.0869 e. The number of hydrogen-bond acceptors (Lipinski definition) is 3. The van der Waals surface area contributed by atoms with Crippen LogP contribution in [0.2, 0.25) is 0 Å². The van der Waals surface area contributed by atoms with Gasteiger partial charge in [0, 0.05) is 18.3 Å². The van der Waals surface area contributed by atoms with Crippen LogP contribution in [0.15, 0.2) is 0 Å². The Bertz CT molecular complexity index is 169. The van der Waals surface area contributed by atoms with E-state index in [-0.39, 0.29) is 0 Å². The highest BCUT2D eigenvalue weighted by Gasteiger charge is 2.31. The summed E-state index contributed by atoms with van der Waals surface area (Å²) in [5, 5.41) is 13.7. The van der Waals surface area contributed by atoms with Gasteiger partial charge in [0.15, 0.2) is 0 Å². The SMILES string of the molecule is CCCCC(CC)NCC1(O)CCSC1. The first-order chi connectivity index (χ1) is 7.20. The maximum absolute atomic E-state index is 10.2. The summed E-state index contributed by atoms with van der Waals surface area (Å²) in [4.78, 5) is 0. The number of rotatable bonds is 7. The van der Waals surface area contributed by atoms with Crippen LogP contribution in [0.4, 0.5) is 0 Å². The molecule has 0 aliphatic carbocycles. The molecule has 0 aromatic rings. The first kappa shape index (κ1) is 13.3. The van der Waals surface area contributed by atoms with Crippen molar-refractivity contribution >= 4 is 11.8 Å². The second-order valence-electron chi connectivity index (χ2n) is 4.66. The van der Waals surface area contributed by atoms with E-state index < -0.39 is 5.60 Å². The van der Waals surface area contributed by atoms with Crippen LogP contribution in [0.25, 0.3) is 0 Å². The van der Waals surface area contributed by atoms with Gasteiger partial charge >= 0.3 is 0 Å². The van der Waals surface area contributed by atoms with Gasteiger partial charge in [-0.15, -0.1) is 0 Å². The maximum Gasteiger partial charge on any atom is 0.0869 e. The Morgan fingerprint density at radius 3 is 2.80 bits per heavy atom. The van der Waals surface area contributed by atoms with Crippen LogP contribution in [0.3, 0.4) is 0 Å². The summed E-state index contributed by atoms with van der Waals surface area (Å²) in [5.41, 5.74) is -0.426. The van der Waals surface area contributed by atoms with Crippen LogP contribution in [0, 0.1) is 0 Å². The summed E-state index contributed by atoms with van der Waals surface area (Å²) in [5.74, 6) is 2.02. The zero-order valence-electron chi connectivity index (χ0n) is 10.1. The molecule has 1 aliphatic rings. The lowest BCUT2D eigenvalue weighted by Gasteiger charge is -2.25. The van der Waals surface area contributed by atoms with Crippen LogP contribution in [0.1, 0.15) is 46.0 Å². The molecule has 1 aliphatic heterocycles. The minimum Gasteiger partial charge on any atom is -0.388 e. The van der Waals surface area contributed by atoms with E-state index in [2.05, 4.69) is 19.2 Å². The Morgan fingerprint density at radius 1 is 1.47 bits per heavy atom. The lowest BCUT2D eigenvalue weighted by Crippen LogP contribution is -2.44. The molecule has 2 nitrogen and oxygen atoms in total. The van der Waals surface area contributed by atoms with Gasteiger partial charge in [0.25, 0.3) is 0 Å². The molecule has 1 rings (SSSR count). The van der Waals surface area contributed by atoms with Gasteiger partial charge < -0.3 is 10.4 Å². The number of hydrogen-bond donors (Lipinski definition) is 2. The fraction of sp³-hybridized carbons (Fsp3) is 1.00. The van der Waals surface area contributed by atoms with Crippen molar-refractivity contribution in [2.75, 3.05) is 18.1 Å². The van der Waals surface area contributed by atoms with Crippen molar-refractivity contribution in [3.8, 4) is 0 Å². The summed E-state index contributed by atoms with van der Waals surface area (Å²) in [6.45, 7) is 5.23. The molecule has 0 spiro atoms. The van der Waals surface area contributed by atoms with E-state index in [9.17, 15) is 5.11 Å². The second kappa shape index (κ2) is 6.77. The molecule has 0 amide bonds. The molecule has 2 unspecified atom stereocenters. The standard InChI is InChI=1S/C12H25NOS/c1-3-5-6-11(4-2)13-9-12(14)7-8-15-10-12/h11,13-14H,3-10H2,1-2H3.